The number of nitrogen functional groups attached to an aromatic ring is 1. The molecule has 0 amide bonds. The molecule has 2 rings (SSSR count). The molecule has 1 aromatic rings. The highest BCUT2D eigenvalue weighted by Crippen LogP contribution is 2.29. The number of sulfone groups is 1. The third-order valence-corrected chi connectivity index (χ3v) is 5.69. The van der Waals surface area contributed by atoms with Gasteiger partial charge in [-0.1, -0.05) is 6.42 Å². The van der Waals surface area contributed by atoms with Gasteiger partial charge in [-0.25, -0.2) is 8.42 Å². The van der Waals surface area contributed by atoms with Crippen LogP contribution in [0, 0.1) is 0 Å². The Bertz CT molecular complexity index is 525. The zero-order chi connectivity index (χ0) is 14.0. The van der Waals surface area contributed by atoms with Crippen molar-refractivity contribution in [3.05, 3.63) is 24.3 Å². The van der Waals surface area contributed by atoms with Crippen LogP contribution in [0.2, 0.25) is 0 Å². The Kier molecular flexibility index (Phi) is 4.04. The maximum Gasteiger partial charge on any atom is 0.150 e. The average molecular weight is 282 g/mol. The number of nitrogens with zero attached hydrogens (tertiary/aromatic N) is 1. The number of nitrogens with two attached hydrogens (primary N) is 1. The molecule has 1 aliphatic rings. The minimum atomic E-state index is -2.93. The van der Waals surface area contributed by atoms with Crippen molar-refractivity contribution in [2.45, 2.75) is 37.0 Å². The molecule has 0 aromatic heterocycles. The smallest absolute Gasteiger partial charge is 0.150 e. The van der Waals surface area contributed by atoms with Crippen molar-refractivity contribution in [2.75, 3.05) is 23.9 Å². The second-order valence-corrected chi connectivity index (χ2v) is 7.80. The van der Waals surface area contributed by atoms with Crippen LogP contribution in [-0.4, -0.2) is 33.0 Å². The number of hydrogen-bond acceptors (Lipinski definition) is 4. The van der Waals surface area contributed by atoms with E-state index in [1.165, 1.54) is 6.26 Å². The molecule has 0 spiro atoms. The van der Waals surface area contributed by atoms with Gasteiger partial charge >= 0.3 is 0 Å². The summed E-state index contributed by atoms with van der Waals surface area (Å²) in [7, 11) is -0.899. The molecule has 0 aliphatic heterocycles. The first-order chi connectivity index (χ1) is 8.88. The van der Waals surface area contributed by atoms with Crippen molar-refractivity contribution >= 4 is 21.2 Å². The summed E-state index contributed by atoms with van der Waals surface area (Å²) < 4.78 is 23.4. The number of anilines is 2. The SMILES string of the molecule is CN(c1ccc(N)cc1)C1CCCC(S(C)(=O)=O)C1. The fraction of sp³-hybridized carbons (Fsp3) is 0.571. The van der Waals surface area contributed by atoms with Gasteiger partial charge in [0.2, 0.25) is 0 Å². The minimum Gasteiger partial charge on any atom is -0.399 e. The fourth-order valence-corrected chi connectivity index (χ4v) is 3.95. The number of benzene rings is 1. The van der Waals surface area contributed by atoms with E-state index >= 15 is 0 Å². The van der Waals surface area contributed by atoms with Gasteiger partial charge in [-0.15, -0.1) is 0 Å². The summed E-state index contributed by atoms with van der Waals surface area (Å²) in [6.07, 6.45) is 4.89. The molecule has 0 saturated heterocycles. The molecule has 0 heterocycles. The quantitative estimate of drug-likeness (QED) is 0.862. The molecule has 5 heteroatoms. The lowest BCUT2D eigenvalue weighted by Gasteiger charge is -2.36. The molecular weight excluding hydrogens is 260 g/mol. The Hall–Kier alpha value is -1.23. The van der Waals surface area contributed by atoms with Gasteiger partial charge in [0.1, 0.15) is 9.84 Å². The summed E-state index contributed by atoms with van der Waals surface area (Å²) in [5, 5.41) is -0.192. The third kappa shape index (κ3) is 3.41. The number of hydrogen-bond donors (Lipinski definition) is 1. The van der Waals surface area contributed by atoms with Crippen molar-refractivity contribution in [1.82, 2.24) is 0 Å². The van der Waals surface area contributed by atoms with Crippen molar-refractivity contribution < 1.29 is 8.42 Å². The molecule has 1 aromatic carbocycles. The van der Waals surface area contributed by atoms with Crippen molar-refractivity contribution in [1.29, 1.82) is 0 Å². The van der Waals surface area contributed by atoms with E-state index in [4.69, 9.17) is 5.73 Å². The Balaban J connectivity index is 2.11. The average Bonchev–Trinajstić information content (AvgIpc) is 2.38. The van der Waals surface area contributed by atoms with Gasteiger partial charge in [-0.3, -0.25) is 0 Å². The lowest BCUT2D eigenvalue weighted by atomic mass is 9.93. The molecule has 1 fully saturated rings. The van der Waals surface area contributed by atoms with E-state index in [2.05, 4.69) is 4.90 Å². The Labute approximate surface area is 115 Å². The fourth-order valence-electron chi connectivity index (χ4n) is 2.78. The van der Waals surface area contributed by atoms with E-state index in [0.717, 1.165) is 37.1 Å². The Morgan fingerprint density at radius 3 is 2.42 bits per heavy atom. The molecule has 0 radical (unpaired) electrons. The molecule has 4 nitrogen and oxygen atoms in total. The first kappa shape index (κ1) is 14.2. The van der Waals surface area contributed by atoms with Crippen molar-refractivity contribution in [3.63, 3.8) is 0 Å². The molecule has 19 heavy (non-hydrogen) atoms. The van der Waals surface area contributed by atoms with Crippen LogP contribution in [0.1, 0.15) is 25.7 Å². The maximum absolute atomic E-state index is 11.7. The van der Waals surface area contributed by atoms with E-state index in [1.54, 1.807) is 0 Å². The van der Waals surface area contributed by atoms with Crippen LogP contribution in [0.15, 0.2) is 24.3 Å². The normalized spacial score (nSPS) is 24.1. The topological polar surface area (TPSA) is 63.4 Å². The maximum atomic E-state index is 11.7. The zero-order valence-electron chi connectivity index (χ0n) is 11.5. The van der Waals surface area contributed by atoms with Crippen molar-refractivity contribution in [3.8, 4) is 0 Å². The molecular formula is C14H22N2O2S. The monoisotopic (exact) mass is 282 g/mol. The Morgan fingerprint density at radius 2 is 1.84 bits per heavy atom. The lowest BCUT2D eigenvalue weighted by molar-refractivity contribution is 0.422. The van der Waals surface area contributed by atoms with Crippen LogP contribution >= 0.6 is 0 Å². The third-order valence-electron chi connectivity index (χ3n) is 4.05. The van der Waals surface area contributed by atoms with E-state index < -0.39 is 9.84 Å². The molecule has 2 N–H and O–H groups in total. The first-order valence-electron chi connectivity index (χ1n) is 6.65. The van der Waals surface area contributed by atoms with E-state index in [9.17, 15) is 8.42 Å². The lowest BCUT2D eigenvalue weighted by Crippen LogP contribution is -2.40. The molecule has 2 unspecified atom stereocenters. The largest absolute Gasteiger partial charge is 0.399 e. The van der Waals surface area contributed by atoms with Gasteiger partial charge in [-0.2, -0.15) is 0 Å². The van der Waals surface area contributed by atoms with Crippen LogP contribution in [0.5, 0.6) is 0 Å². The van der Waals surface area contributed by atoms with E-state index in [1.807, 2.05) is 31.3 Å². The summed E-state index contributed by atoms with van der Waals surface area (Å²) in [5.74, 6) is 0. The first-order valence-corrected chi connectivity index (χ1v) is 8.60. The van der Waals surface area contributed by atoms with Crippen LogP contribution in [-0.2, 0) is 9.84 Å². The molecule has 1 saturated carbocycles. The predicted octanol–water partition coefficient (Wildman–Crippen LogP) is 2.06. The van der Waals surface area contributed by atoms with Gasteiger partial charge in [0.25, 0.3) is 0 Å². The summed E-state index contributed by atoms with van der Waals surface area (Å²) >= 11 is 0. The second-order valence-electron chi connectivity index (χ2n) is 5.47. The van der Waals surface area contributed by atoms with Crippen LogP contribution in [0.25, 0.3) is 0 Å². The highest BCUT2D eigenvalue weighted by Gasteiger charge is 2.30. The van der Waals surface area contributed by atoms with Crippen LogP contribution < -0.4 is 10.6 Å². The predicted molar refractivity (Wildman–Crippen MR) is 80.1 cm³/mol. The summed E-state index contributed by atoms with van der Waals surface area (Å²) in [6.45, 7) is 0. The molecule has 2 atom stereocenters. The summed E-state index contributed by atoms with van der Waals surface area (Å²) in [6, 6.07) is 8.02. The van der Waals surface area contributed by atoms with E-state index in [0.29, 0.717) is 0 Å². The van der Waals surface area contributed by atoms with Gasteiger partial charge in [0.05, 0.1) is 5.25 Å². The van der Waals surface area contributed by atoms with Crippen LogP contribution in [0.4, 0.5) is 11.4 Å². The van der Waals surface area contributed by atoms with E-state index in [-0.39, 0.29) is 11.3 Å². The minimum absolute atomic E-state index is 0.192. The second kappa shape index (κ2) is 5.41. The number of rotatable bonds is 3. The van der Waals surface area contributed by atoms with Gasteiger partial charge in [0.15, 0.2) is 0 Å². The zero-order valence-corrected chi connectivity index (χ0v) is 12.4. The van der Waals surface area contributed by atoms with Crippen LogP contribution in [0.3, 0.4) is 0 Å². The molecule has 0 bridgehead atoms. The summed E-state index contributed by atoms with van der Waals surface area (Å²) in [5.41, 5.74) is 7.52. The molecule has 106 valence electrons. The Morgan fingerprint density at radius 1 is 1.21 bits per heavy atom. The van der Waals surface area contributed by atoms with Crippen molar-refractivity contribution in [2.24, 2.45) is 0 Å². The van der Waals surface area contributed by atoms with Gasteiger partial charge in [-0.05, 0) is 43.5 Å². The summed E-state index contributed by atoms with van der Waals surface area (Å²) in [4.78, 5) is 2.18. The molecule has 1 aliphatic carbocycles. The highest BCUT2D eigenvalue weighted by molar-refractivity contribution is 7.91. The van der Waals surface area contributed by atoms with Gasteiger partial charge in [0, 0.05) is 30.7 Å². The van der Waals surface area contributed by atoms with Gasteiger partial charge < -0.3 is 10.6 Å². The highest BCUT2D eigenvalue weighted by atomic mass is 32.2. The standard InChI is InChI=1S/C14H22N2O2S/c1-16(12-8-6-11(15)7-9-12)13-4-3-5-14(10-13)19(2,17)18/h6-9,13-14H,3-5,10,15H2,1-2H3.